The Labute approximate surface area is 147 Å². The number of ether oxygens (including phenoxy) is 3. The number of pyridine rings is 1. The number of methoxy groups -OCH3 is 3. The predicted molar refractivity (Wildman–Crippen MR) is 96.7 cm³/mol. The second-order valence-corrected chi connectivity index (χ2v) is 5.26. The van der Waals surface area contributed by atoms with Gasteiger partial charge in [-0.1, -0.05) is 0 Å². The highest BCUT2D eigenvalue weighted by Crippen LogP contribution is 2.23. The highest BCUT2D eigenvalue weighted by Gasteiger charge is 2.10. The Morgan fingerprint density at radius 3 is 2.36 bits per heavy atom. The molecule has 7 nitrogen and oxygen atoms in total. The Balaban J connectivity index is 1.98. The van der Waals surface area contributed by atoms with Gasteiger partial charge in [0.2, 0.25) is 0 Å². The van der Waals surface area contributed by atoms with Crippen LogP contribution >= 0.6 is 0 Å². The Bertz CT molecular complexity index is 667. The molecule has 0 aliphatic heterocycles. The van der Waals surface area contributed by atoms with Crippen molar-refractivity contribution in [3.05, 3.63) is 42.1 Å². The van der Waals surface area contributed by atoms with E-state index in [0.717, 1.165) is 18.8 Å². The minimum Gasteiger partial charge on any atom is -0.497 e. The van der Waals surface area contributed by atoms with Crippen LogP contribution in [0.1, 0.15) is 16.8 Å². The van der Waals surface area contributed by atoms with Crippen LogP contribution in [0.5, 0.6) is 11.5 Å². The molecule has 7 heteroatoms. The molecule has 0 aliphatic rings. The van der Waals surface area contributed by atoms with E-state index in [2.05, 4.69) is 15.6 Å². The molecule has 1 aromatic carbocycles. The van der Waals surface area contributed by atoms with Crippen molar-refractivity contribution in [2.75, 3.05) is 45.1 Å². The molecule has 1 heterocycles. The zero-order valence-corrected chi connectivity index (χ0v) is 14.7. The lowest BCUT2D eigenvalue weighted by Gasteiger charge is -2.10. The van der Waals surface area contributed by atoms with Gasteiger partial charge in [0.15, 0.2) is 0 Å². The first-order valence-corrected chi connectivity index (χ1v) is 7.89. The summed E-state index contributed by atoms with van der Waals surface area (Å²) in [6.07, 6.45) is 2.50. The SMILES string of the molecule is COCCCNc1ccc(NC(=O)c2cc(OC)cc(OC)c2)cn1. The topological polar surface area (TPSA) is 81.7 Å². The van der Waals surface area contributed by atoms with Crippen LogP contribution in [-0.4, -0.2) is 45.4 Å². The first-order valence-electron chi connectivity index (χ1n) is 7.89. The molecule has 0 unspecified atom stereocenters. The average molecular weight is 345 g/mol. The molecule has 0 fully saturated rings. The van der Waals surface area contributed by atoms with Crippen LogP contribution in [0, 0.1) is 0 Å². The third-order valence-electron chi connectivity index (χ3n) is 3.47. The third kappa shape index (κ3) is 5.65. The largest absolute Gasteiger partial charge is 0.497 e. The summed E-state index contributed by atoms with van der Waals surface area (Å²) >= 11 is 0. The molecule has 134 valence electrons. The van der Waals surface area contributed by atoms with E-state index < -0.39 is 0 Å². The lowest BCUT2D eigenvalue weighted by atomic mass is 10.2. The van der Waals surface area contributed by atoms with Crippen molar-refractivity contribution in [3.8, 4) is 11.5 Å². The zero-order chi connectivity index (χ0) is 18.1. The van der Waals surface area contributed by atoms with Crippen LogP contribution in [0.4, 0.5) is 11.5 Å². The van der Waals surface area contributed by atoms with Gasteiger partial charge in [0, 0.05) is 31.9 Å². The standard InChI is InChI=1S/C18H23N3O4/c1-23-8-4-7-19-17-6-5-14(12-20-17)21-18(22)13-9-15(24-2)11-16(10-13)25-3/h5-6,9-12H,4,7-8H2,1-3H3,(H,19,20)(H,21,22). The molecule has 2 rings (SSSR count). The molecule has 2 N–H and O–H groups in total. The summed E-state index contributed by atoms with van der Waals surface area (Å²) in [5.41, 5.74) is 1.05. The normalized spacial score (nSPS) is 10.2. The fourth-order valence-corrected chi connectivity index (χ4v) is 2.15. The van der Waals surface area contributed by atoms with E-state index in [-0.39, 0.29) is 5.91 Å². The number of hydrogen-bond donors (Lipinski definition) is 2. The smallest absolute Gasteiger partial charge is 0.255 e. The second-order valence-electron chi connectivity index (χ2n) is 5.26. The molecule has 0 aliphatic carbocycles. The van der Waals surface area contributed by atoms with Crippen LogP contribution in [0.15, 0.2) is 36.5 Å². The molecule has 0 radical (unpaired) electrons. The number of aromatic nitrogens is 1. The van der Waals surface area contributed by atoms with Crippen molar-refractivity contribution >= 4 is 17.4 Å². The lowest BCUT2D eigenvalue weighted by Crippen LogP contribution is -2.13. The molecule has 0 spiro atoms. The van der Waals surface area contributed by atoms with Gasteiger partial charge in [0.05, 0.1) is 26.1 Å². The summed E-state index contributed by atoms with van der Waals surface area (Å²) in [7, 11) is 4.76. The number of hydrogen-bond acceptors (Lipinski definition) is 6. The number of carbonyl (C=O) groups is 1. The minimum absolute atomic E-state index is 0.264. The monoisotopic (exact) mass is 345 g/mol. The van der Waals surface area contributed by atoms with Gasteiger partial charge in [-0.2, -0.15) is 0 Å². The molecule has 25 heavy (non-hydrogen) atoms. The molecular formula is C18H23N3O4. The zero-order valence-electron chi connectivity index (χ0n) is 14.7. The van der Waals surface area contributed by atoms with E-state index in [1.807, 2.05) is 6.07 Å². The maximum Gasteiger partial charge on any atom is 0.255 e. The van der Waals surface area contributed by atoms with Crippen molar-refractivity contribution in [3.63, 3.8) is 0 Å². The van der Waals surface area contributed by atoms with Crippen molar-refractivity contribution in [1.29, 1.82) is 0 Å². The molecule has 2 aromatic rings. The van der Waals surface area contributed by atoms with E-state index in [1.165, 1.54) is 0 Å². The van der Waals surface area contributed by atoms with Crippen LogP contribution in [0.3, 0.4) is 0 Å². The first kappa shape index (κ1) is 18.5. The highest BCUT2D eigenvalue weighted by atomic mass is 16.5. The number of nitrogens with zero attached hydrogens (tertiary/aromatic N) is 1. The number of carbonyl (C=O) groups excluding carboxylic acids is 1. The summed E-state index contributed by atoms with van der Waals surface area (Å²) < 4.78 is 15.3. The molecule has 0 bridgehead atoms. The summed E-state index contributed by atoms with van der Waals surface area (Å²) in [5, 5.41) is 5.99. The highest BCUT2D eigenvalue weighted by molar-refractivity contribution is 6.04. The number of nitrogens with one attached hydrogen (secondary N) is 2. The Kier molecular flexibility index (Phi) is 7.03. The molecule has 0 saturated heterocycles. The van der Waals surface area contributed by atoms with E-state index in [1.54, 1.807) is 51.8 Å². The van der Waals surface area contributed by atoms with Crippen LogP contribution < -0.4 is 20.1 Å². The van der Waals surface area contributed by atoms with Crippen molar-refractivity contribution < 1.29 is 19.0 Å². The minimum atomic E-state index is -0.264. The van der Waals surface area contributed by atoms with Crippen molar-refractivity contribution in [2.24, 2.45) is 0 Å². The molecule has 1 amide bonds. The van der Waals surface area contributed by atoms with Gasteiger partial charge < -0.3 is 24.8 Å². The summed E-state index contributed by atoms with van der Waals surface area (Å²) in [6, 6.07) is 8.62. The maximum atomic E-state index is 12.4. The quantitative estimate of drug-likeness (QED) is 0.680. The summed E-state index contributed by atoms with van der Waals surface area (Å²) in [5.74, 6) is 1.59. The van der Waals surface area contributed by atoms with Crippen LogP contribution in [0.25, 0.3) is 0 Å². The maximum absolute atomic E-state index is 12.4. The molecule has 0 saturated carbocycles. The van der Waals surface area contributed by atoms with Gasteiger partial charge in [0.25, 0.3) is 5.91 Å². The van der Waals surface area contributed by atoms with E-state index in [0.29, 0.717) is 29.4 Å². The lowest BCUT2D eigenvalue weighted by molar-refractivity contribution is 0.102. The van der Waals surface area contributed by atoms with E-state index >= 15 is 0 Å². The van der Waals surface area contributed by atoms with Gasteiger partial charge in [0.1, 0.15) is 17.3 Å². The predicted octanol–water partition coefficient (Wildman–Crippen LogP) is 2.80. The Morgan fingerprint density at radius 1 is 1.08 bits per heavy atom. The Hall–Kier alpha value is -2.80. The first-order chi connectivity index (χ1) is 12.2. The van der Waals surface area contributed by atoms with Crippen LogP contribution in [0.2, 0.25) is 0 Å². The molecule has 0 atom stereocenters. The molecule has 1 aromatic heterocycles. The average Bonchev–Trinajstić information content (AvgIpc) is 2.66. The van der Waals surface area contributed by atoms with Crippen LogP contribution in [-0.2, 0) is 4.74 Å². The Morgan fingerprint density at radius 2 is 1.80 bits per heavy atom. The number of rotatable bonds is 9. The summed E-state index contributed by atoms with van der Waals surface area (Å²) in [6.45, 7) is 1.47. The van der Waals surface area contributed by atoms with Gasteiger partial charge in [-0.05, 0) is 30.7 Å². The van der Waals surface area contributed by atoms with Gasteiger partial charge in [-0.25, -0.2) is 4.98 Å². The fraction of sp³-hybridized carbons (Fsp3) is 0.333. The van der Waals surface area contributed by atoms with E-state index in [9.17, 15) is 4.79 Å². The van der Waals surface area contributed by atoms with Gasteiger partial charge in [-0.15, -0.1) is 0 Å². The van der Waals surface area contributed by atoms with Crippen molar-refractivity contribution in [2.45, 2.75) is 6.42 Å². The van der Waals surface area contributed by atoms with Gasteiger partial charge in [-0.3, -0.25) is 4.79 Å². The van der Waals surface area contributed by atoms with E-state index in [4.69, 9.17) is 14.2 Å². The second kappa shape index (κ2) is 9.48. The third-order valence-corrected chi connectivity index (χ3v) is 3.47. The number of anilines is 2. The summed E-state index contributed by atoms with van der Waals surface area (Å²) in [4.78, 5) is 16.7. The fourth-order valence-electron chi connectivity index (χ4n) is 2.15. The number of benzene rings is 1. The molecular weight excluding hydrogens is 322 g/mol. The number of amides is 1. The van der Waals surface area contributed by atoms with Gasteiger partial charge >= 0.3 is 0 Å². The van der Waals surface area contributed by atoms with Crippen molar-refractivity contribution in [1.82, 2.24) is 4.98 Å².